The predicted molar refractivity (Wildman–Crippen MR) is 81.4 cm³/mol. The van der Waals surface area contributed by atoms with Crippen molar-refractivity contribution in [3.8, 4) is 5.75 Å². The lowest BCUT2D eigenvalue weighted by Gasteiger charge is -2.11. The number of methoxy groups -OCH3 is 1. The summed E-state index contributed by atoms with van der Waals surface area (Å²) in [4.78, 5) is 12.4. The van der Waals surface area contributed by atoms with Crippen LogP contribution in [0.5, 0.6) is 5.75 Å². The maximum atomic E-state index is 12.4. The topological polar surface area (TPSA) is 52.3 Å². The van der Waals surface area contributed by atoms with Gasteiger partial charge in [-0.3, -0.25) is 4.79 Å². The zero-order chi connectivity index (χ0) is 14.7. The number of ketones is 1. The van der Waals surface area contributed by atoms with Crippen molar-refractivity contribution in [2.24, 2.45) is 0 Å². The fraction of sp³-hybridized carbons (Fsp3) is 0.235. The number of nitrogens with two attached hydrogens (primary N) is 1. The molecular formula is C17H19NO2. The average molecular weight is 269 g/mol. The molecule has 0 atom stereocenters. The molecule has 3 heteroatoms. The van der Waals surface area contributed by atoms with Crippen LogP contribution in [0.4, 0.5) is 5.69 Å². The van der Waals surface area contributed by atoms with Gasteiger partial charge in [-0.15, -0.1) is 0 Å². The van der Waals surface area contributed by atoms with Crippen LogP contribution in [0.15, 0.2) is 36.4 Å². The van der Waals surface area contributed by atoms with Gasteiger partial charge in [0.05, 0.1) is 7.11 Å². The van der Waals surface area contributed by atoms with E-state index in [2.05, 4.69) is 0 Å². The first-order chi connectivity index (χ1) is 9.52. The fourth-order valence-electron chi connectivity index (χ4n) is 2.31. The first-order valence-electron chi connectivity index (χ1n) is 6.54. The third-order valence-corrected chi connectivity index (χ3v) is 3.54. The average Bonchev–Trinajstić information content (AvgIpc) is 2.42. The fourth-order valence-corrected chi connectivity index (χ4v) is 2.31. The minimum Gasteiger partial charge on any atom is -0.497 e. The highest BCUT2D eigenvalue weighted by Gasteiger charge is 2.13. The number of Topliss-reactive ketones (excluding diaryl/α,β-unsaturated/α-hetero) is 1. The van der Waals surface area contributed by atoms with Gasteiger partial charge in [-0.1, -0.05) is 18.2 Å². The van der Waals surface area contributed by atoms with Gasteiger partial charge in [0.15, 0.2) is 5.78 Å². The van der Waals surface area contributed by atoms with Crippen LogP contribution in [0.3, 0.4) is 0 Å². The van der Waals surface area contributed by atoms with Crippen molar-refractivity contribution >= 4 is 11.5 Å². The largest absolute Gasteiger partial charge is 0.497 e. The number of carbonyl (C=O) groups excluding carboxylic acids is 1. The molecule has 0 heterocycles. The van der Waals surface area contributed by atoms with Crippen LogP contribution < -0.4 is 10.5 Å². The second-order valence-corrected chi connectivity index (χ2v) is 4.92. The molecule has 0 aliphatic rings. The lowest BCUT2D eigenvalue weighted by Crippen LogP contribution is -2.09. The number of nitrogen functional groups attached to an aromatic ring is 1. The molecule has 0 radical (unpaired) electrons. The second-order valence-electron chi connectivity index (χ2n) is 4.92. The van der Waals surface area contributed by atoms with Crippen molar-refractivity contribution in [3.63, 3.8) is 0 Å². The molecule has 0 spiro atoms. The number of anilines is 1. The molecule has 0 aromatic heterocycles. The molecule has 0 bridgehead atoms. The summed E-state index contributed by atoms with van der Waals surface area (Å²) in [7, 11) is 1.58. The maximum absolute atomic E-state index is 12.4. The third-order valence-electron chi connectivity index (χ3n) is 3.54. The summed E-state index contributed by atoms with van der Waals surface area (Å²) >= 11 is 0. The zero-order valence-electron chi connectivity index (χ0n) is 12.1. The SMILES string of the molecule is COc1ccc(C(=O)Cc2c(C)cccc2C)c(N)c1. The summed E-state index contributed by atoms with van der Waals surface area (Å²) in [5, 5.41) is 0. The molecule has 2 aromatic carbocycles. The Balaban J connectivity index is 2.29. The summed E-state index contributed by atoms with van der Waals surface area (Å²) < 4.78 is 5.09. The van der Waals surface area contributed by atoms with Crippen LogP contribution in [-0.4, -0.2) is 12.9 Å². The normalized spacial score (nSPS) is 10.3. The molecule has 2 aromatic rings. The van der Waals surface area contributed by atoms with E-state index in [0.717, 1.165) is 16.7 Å². The molecule has 0 aliphatic heterocycles. The molecule has 0 saturated heterocycles. The molecule has 2 rings (SSSR count). The summed E-state index contributed by atoms with van der Waals surface area (Å²) in [5.41, 5.74) is 10.3. The monoisotopic (exact) mass is 269 g/mol. The summed E-state index contributed by atoms with van der Waals surface area (Å²) in [5.74, 6) is 0.689. The minimum absolute atomic E-state index is 0.0301. The Kier molecular flexibility index (Phi) is 4.08. The van der Waals surface area contributed by atoms with Gasteiger partial charge in [0, 0.05) is 23.7 Å². The Morgan fingerprint density at radius 2 is 1.80 bits per heavy atom. The number of hydrogen-bond donors (Lipinski definition) is 1. The Labute approximate surface area is 119 Å². The summed E-state index contributed by atoms with van der Waals surface area (Å²) in [6.45, 7) is 4.04. The van der Waals surface area contributed by atoms with Crippen LogP contribution in [0.1, 0.15) is 27.0 Å². The van der Waals surface area contributed by atoms with E-state index in [9.17, 15) is 4.79 Å². The van der Waals surface area contributed by atoms with E-state index in [1.807, 2.05) is 32.0 Å². The van der Waals surface area contributed by atoms with Gasteiger partial charge in [0.25, 0.3) is 0 Å². The molecule has 3 nitrogen and oxygen atoms in total. The number of rotatable bonds is 4. The molecule has 0 fully saturated rings. The van der Waals surface area contributed by atoms with E-state index in [-0.39, 0.29) is 5.78 Å². The highest BCUT2D eigenvalue weighted by atomic mass is 16.5. The van der Waals surface area contributed by atoms with Crippen molar-refractivity contribution in [2.45, 2.75) is 20.3 Å². The van der Waals surface area contributed by atoms with E-state index >= 15 is 0 Å². The van der Waals surface area contributed by atoms with Crippen molar-refractivity contribution in [1.82, 2.24) is 0 Å². The molecule has 0 amide bonds. The van der Waals surface area contributed by atoms with Gasteiger partial charge in [-0.05, 0) is 42.7 Å². The van der Waals surface area contributed by atoms with Crippen molar-refractivity contribution in [1.29, 1.82) is 0 Å². The first kappa shape index (κ1) is 14.1. The van der Waals surface area contributed by atoms with Gasteiger partial charge in [-0.2, -0.15) is 0 Å². The highest BCUT2D eigenvalue weighted by molar-refractivity contribution is 6.02. The van der Waals surface area contributed by atoms with E-state index in [1.54, 1.807) is 25.3 Å². The van der Waals surface area contributed by atoms with Crippen LogP contribution in [0, 0.1) is 13.8 Å². The van der Waals surface area contributed by atoms with Crippen LogP contribution >= 0.6 is 0 Å². The van der Waals surface area contributed by atoms with E-state index in [1.165, 1.54) is 0 Å². The lowest BCUT2D eigenvalue weighted by molar-refractivity contribution is 0.0993. The zero-order valence-corrected chi connectivity index (χ0v) is 12.1. The smallest absolute Gasteiger partial charge is 0.169 e. The number of hydrogen-bond acceptors (Lipinski definition) is 3. The van der Waals surface area contributed by atoms with Gasteiger partial charge in [0.2, 0.25) is 0 Å². The quantitative estimate of drug-likeness (QED) is 0.684. The Bertz CT molecular complexity index is 627. The van der Waals surface area contributed by atoms with Crippen LogP contribution in [-0.2, 0) is 6.42 Å². The number of carbonyl (C=O) groups is 1. The van der Waals surface area contributed by atoms with Gasteiger partial charge < -0.3 is 10.5 Å². The van der Waals surface area contributed by atoms with E-state index in [0.29, 0.717) is 23.4 Å². The predicted octanol–water partition coefficient (Wildman–Crippen LogP) is 3.32. The molecular weight excluding hydrogens is 250 g/mol. The van der Waals surface area contributed by atoms with E-state index < -0.39 is 0 Å². The molecule has 20 heavy (non-hydrogen) atoms. The molecule has 2 N–H and O–H groups in total. The van der Waals surface area contributed by atoms with Crippen molar-refractivity contribution in [2.75, 3.05) is 12.8 Å². The minimum atomic E-state index is 0.0301. The standard InChI is InChI=1S/C17H19NO2/c1-11-5-4-6-12(2)15(11)10-17(19)14-8-7-13(20-3)9-16(14)18/h4-9H,10,18H2,1-3H3. The van der Waals surface area contributed by atoms with Gasteiger partial charge in [-0.25, -0.2) is 0 Å². The van der Waals surface area contributed by atoms with Crippen molar-refractivity contribution in [3.05, 3.63) is 58.7 Å². The van der Waals surface area contributed by atoms with Crippen LogP contribution in [0.25, 0.3) is 0 Å². The Morgan fingerprint density at radius 1 is 1.15 bits per heavy atom. The molecule has 0 aliphatic carbocycles. The summed E-state index contributed by atoms with van der Waals surface area (Å²) in [6, 6.07) is 11.2. The van der Waals surface area contributed by atoms with E-state index in [4.69, 9.17) is 10.5 Å². The molecule has 104 valence electrons. The first-order valence-corrected chi connectivity index (χ1v) is 6.54. The molecule has 0 unspecified atom stereocenters. The number of benzene rings is 2. The Hall–Kier alpha value is -2.29. The highest BCUT2D eigenvalue weighted by Crippen LogP contribution is 2.22. The van der Waals surface area contributed by atoms with Gasteiger partial charge in [0.1, 0.15) is 5.75 Å². The van der Waals surface area contributed by atoms with Crippen LogP contribution in [0.2, 0.25) is 0 Å². The number of ether oxygens (including phenoxy) is 1. The Morgan fingerprint density at radius 3 is 2.35 bits per heavy atom. The summed E-state index contributed by atoms with van der Waals surface area (Å²) in [6.07, 6.45) is 0.370. The number of aryl methyl sites for hydroxylation is 2. The van der Waals surface area contributed by atoms with Gasteiger partial charge >= 0.3 is 0 Å². The maximum Gasteiger partial charge on any atom is 0.169 e. The third kappa shape index (κ3) is 2.82. The second kappa shape index (κ2) is 5.78. The molecule has 0 saturated carbocycles. The lowest BCUT2D eigenvalue weighted by atomic mass is 9.95. The van der Waals surface area contributed by atoms with Crippen molar-refractivity contribution < 1.29 is 9.53 Å².